The lowest BCUT2D eigenvalue weighted by atomic mass is 9.94. The van der Waals surface area contributed by atoms with E-state index in [-0.39, 0.29) is 0 Å². The van der Waals surface area contributed by atoms with E-state index < -0.39 is 0 Å². The average molecular weight is 963 g/mol. The van der Waals surface area contributed by atoms with Crippen LogP contribution in [0.25, 0.3) is 22.3 Å². The SMILES string of the molecule is CCc1cc(N(c2cccc(N(c3ccccc3)c3cc(N(c4ccccc4)c4ccccc4)cc(N(c4ccccc4)c4ccccc4)c3)c2)c2c(-c3ccccc3)cccc2-c2ccccc2)cc(Cl)n1. The Bertz CT molecular complexity index is 3330. The molecule has 0 spiro atoms. The number of aryl methyl sites for hydroxylation is 1. The Labute approximate surface area is 433 Å². The van der Waals surface area contributed by atoms with Gasteiger partial charge in [-0.05, 0) is 127 Å². The maximum absolute atomic E-state index is 7.01. The van der Waals surface area contributed by atoms with Crippen molar-refractivity contribution in [1.82, 2.24) is 4.98 Å². The van der Waals surface area contributed by atoms with Crippen molar-refractivity contribution >= 4 is 79.8 Å². The van der Waals surface area contributed by atoms with Crippen molar-refractivity contribution in [2.45, 2.75) is 13.3 Å². The first-order valence-corrected chi connectivity index (χ1v) is 25.1. The van der Waals surface area contributed by atoms with E-state index in [1.807, 2.05) is 6.07 Å². The molecule has 11 rings (SSSR count). The highest BCUT2D eigenvalue weighted by atomic mass is 35.5. The Morgan fingerprint density at radius 3 is 0.945 bits per heavy atom. The molecule has 0 amide bonds. The number of benzene rings is 10. The fourth-order valence-corrected chi connectivity index (χ4v) is 9.92. The monoisotopic (exact) mass is 961 g/mol. The van der Waals surface area contributed by atoms with Gasteiger partial charge in [0.25, 0.3) is 0 Å². The van der Waals surface area contributed by atoms with Crippen molar-refractivity contribution < 1.29 is 0 Å². The second-order valence-electron chi connectivity index (χ2n) is 17.7. The van der Waals surface area contributed by atoms with Gasteiger partial charge >= 0.3 is 0 Å². The highest BCUT2D eigenvalue weighted by Crippen LogP contribution is 2.50. The van der Waals surface area contributed by atoms with Gasteiger partial charge in [-0.2, -0.15) is 0 Å². The summed E-state index contributed by atoms with van der Waals surface area (Å²) < 4.78 is 0. The molecule has 0 aliphatic heterocycles. The number of hydrogen-bond acceptors (Lipinski definition) is 5. The van der Waals surface area contributed by atoms with Crippen molar-refractivity contribution in [2.75, 3.05) is 19.6 Å². The van der Waals surface area contributed by atoms with Crippen LogP contribution in [-0.4, -0.2) is 4.98 Å². The number of halogens is 1. The van der Waals surface area contributed by atoms with Gasteiger partial charge in [-0.15, -0.1) is 0 Å². The molecule has 0 radical (unpaired) electrons. The maximum atomic E-state index is 7.01. The summed E-state index contributed by atoms with van der Waals surface area (Å²) in [4.78, 5) is 14.2. The molecule has 73 heavy (non-hydrogen) atoms. The number of pyridine rings is 1. The number of anilines is 12. The molecule has 0 aliphatic carbocycles. The first kappa shape index (κ1) is 46.2. The first-order valence-electron chi connectivity index (χ1n) is 24.7. The molecule has 1 heterocycles. The lowest BCUT2D eigenvalue weighted by molar-refractivity contribution is 1.03. The molecule has 0 atom stereocenters. The van der Waals surface area contributed by atoms with Crippen LogP contribution in [-0.2, 0) is 6.42 Å². The topological polar surface area (TPSA) is 25.9 Å². The van der Waals surface area contributed by atoms with E-state index >= 15 is 0 Å². The molecule has 0 unspecified atom stereocenters. The summed E-state index contributed by atoms with van der Waals surface area (Å²) in [6.07, 6.45) is 0.722. The molecule has 5 nitrogen and oxygen atoms in total. The smallest absolute Gasteiger partial charge is 0.131 e. The van der Waals surface area contributed by atoms with Gasteiger partial charge in [0.1, 0.15) is 5.15 Å². The summed E-state index contributed by atoms with van der Waals surface area (Å²) in [5.41, 5.74) is 17.2. The molecule has 0 saturated heterocycles. The van der Waals surface area contributed by atoms with Crippen LogP contribution >= 0.6 is 11.6 Å². The van der Waals surface area contributed by atoms with Gasteiger partial charge < -0.3 is 19.6 Å². The van der Waals surface area contributed by atoms with Gasteiger partial charge in [-0.25, -0.2) is 4.98 Å². The predicted octanol–water partition coefficient (Wildman–Crippen LogP) is 19.5. The van der Waals surface area contributed by atoms with Gasteiger partial charge in [0.2, 0.25) is 0 Å². The third kappa shape index (κ3) is 9.96. The third-order valence-electron chi connectivity index (χ3n) is 13.0. The van der Waals surface area contributed by atoms with Crippen LogP contribution < -0.4 is 19.6 Å². The van der Waals surface area contributed by atoms with Crippen LogP contribution in [0.3, 0.4) is 0 Å². The average Bonchev–Trinajstić information content (AvgIpc) is 3.45. The zero-order valence-electron chi connectivity index (χ0n) is 40.5. The minimum Gasteiger partial charge on any atom is -0.310 e. The molecule has 10 aromatic carbocycles. The number of aromatic nitrogens is 1. The molecule has 6 heteroatoms. The largest absolute Gasteiger partial charge is 0.310 e. The normalized spacial score (nSPS) is 10.9. The van der Waals surface area contributed by atoms with Gasteiger partial charge in [-0.1, -0.05) is 194 Å². The molecule has 352 valence electrons. The number of hydrogen-bond donors (Lipinski definition) is 0. The molecule has 0 bridgehead atoms. The second kappa shape index (κ2) is 21.5. The first-order chi connectivity index (χ1) is 36.1. The van der Waals surface area contributed by atoms with Crippen LogP contribution in [0.1, 0.15) is 12.6 Å². The quantitative estimate of drug-likeness (QED) is 0.0954. The van der Waals surface area contributed by atoms with E-state index in [1.165, 1.54) is 0 Å². The third-order valence-corrected chi connectivity index (χ3v) is 13.2. The van der Waals surface area contributed by atoms with E-state index in [1.54, 1.807) is 0 Å². The van der Waals surface area contributed by atoms with Crippen LogP contribution in [0.5, 0.6) is 0 Å². The molecular formula is C67H52ClN5. The molecule has 0 N–H and O–H groups in total. The summed E-state index contributed by atoms with van der Waals surface area (Å²) in [6.45, 7) is 2.12. The van der Waals surface area contributed by atoms with E-state index in [0.717, 1.165) is 103 Å². The van der Waals surface area contributed by atoms with E-state index in [9.17, 15) is 0 Å². The van der Waals surface area contributed by atoms with Crippen LogP contribution in [0.2, 0.25) is 5.15 Å². The van der Waals surface area contributed by atoms with Gasteiger partial charge in [0, 0.05) is 56.6 Å². The summed E-state index contributed by atoms with van der Waals surface area (Å²) >= 11 is 7.01. The maximum Gasteiger partial charge on any atom is 0.131 e. The van der Waals surface area contributed by atoms with Gasteiger partial charge in [-0.3, -0.25) is 0 Å². The summed E-state index contributed by atoms with van der Waals surface area (Å²) in [7, 11) is 0. The molecule has 0 fully saturated rings. The lowest BCUT2D eigenvalue weighted by Crippen LogP contribution is -2.17. The van der Waals surface area contributed by atoms with E-state index in [4.69, 9.17) is 16.6 Å². The Morgan fingerprint density at radius 2 is 0.575 bits per heavy atom. The standard InChI is InChI=1S/C67H52ClN5/c1-2-52-44-60(49-66(68)69-52)73(67-64(50-26-10-3-11-27-50)42-25-43-65(67)51-28-12-4-13-29-51)59-41-24-40-58(45-59)72(57-38-22-9-23-39-57)63-47-61(70(53-30-14-5-15-31-53)54-32-16-6-17-33-54)46-62(48-63)71(55-34-18-7-19-35-55)56-36-20-8-21-37-56/h3-49H,2H2,1H3. The Hall–Kier alpha value is -9.16. The lowest BCUT2D eigenvalue weighted by Gasteiger charge is -2.34. The van der Waals surface area contributed by atoms with Crippen molar-refractivity contribution in [3.8, 4) is 22.3 Å². The Morgan fingerprint density at radius 1 is 0.288 bits per heavy atom. The number of rotatable bonds is 15. The van der Waals surface area contributed by atoms with Crippen molar-refractivity contribution in [3.63, 3.8) is 0 Å². The van der Waals surface area contributed by atoms with Crippen molar-refractivity contribution in [3.05, 3.63) is 296 Å². The second-order valence-corrected chi connectivity index (χ2v) is 18.1. The zero-order valence-corrected chi connectivity index (χ0v) is 41.2. The summed E-state index contributed by atoms with van der Waals surface area (Å²) in [5, 5.41) is 0.437. The van der Waals surface area contributed by atoms with E-state index in [2.05, 4.69) is 306 Å². The molecule has 0 aliphatic rings. The molecular weight excluding hydrogens is 910 g/mol. The predicted molar refractivity (Wildman–Crippen MR) is 308 cm³/mol. The van der Waals surface area contributed by atoms with E-state index in [0.29, 0.717) is 5.15 Å². The molecule has 11 aromatic rings. The fraction of sp³-hybridized carbons (Fsp3) is 0.0299. The number of nitrogens with zero attached hydrogens (tertiary/aromatic N) is 5. The molecule has 1 aromatic heterocycles. The zero-order chi connectivity index (χ0) is 49.3. The molecule has 0 saturated carbocycles. The van der Waals surface area contributed by atoms with Crippen molar-refractivity contribution in [2.24, 2.45) is 0 Å². The Kier molecular flexibility index (Phi) is 13.6. The van der Waals surface area contributed by atoms with Gasteiger partial charge in [0.05, 0.1) is 28.4 Å². The minimum absolute atomic E-state index is 0.437. The van der Waals surface area contributed by atoms with Crippen LogP contribution in [0, 0.1) is 0 Å². The Balaban J connectivity index is 1.19. The van der Waals surface area contributed by atoms with Gasteiger partial charge in [0.15, 0.2) is 0 Å². The minimum atomic E-state index is 0.437. The number of para-hydroxylation sites is 6. The fourth-order valence-electron chi connectivity index (χ4n) is 9.70. The highest BCUT2D eigenvalue weighted by Gasteiger charge is 2.26. The highest BCUT2D eigenvalue weighted by molar-refractivity contribution is 6.29. The summed E-state index contributed by atoms with van der Waals surface area (Å²) in [6, 6.07) is 101. The van der Waals surface area contributed by atoms with Crippen molar-refractivity contribution in [1.29, 1.82) is 0 Å². The van der Waals surface area contributed by atoms with Crippen LogP contribution in [0.4, 0.5) is 68.2 Å². The van der Waals surface area contributed by atoms with Crippen LogP contribution in [0.15, 0.2) is 285 Å². The summed E-state index contributed by atoms with van der Waals surface area (Å²) in [5.74, 6) is 0.